The van der Waals surface area contributed by atoms with Gasteiger partial charge < -0.3 is 19.5 Å². The molecule has 35 heavy (non-hydrogen) atoms. The minimum Gasteiger partial charge on any atom is -0.480 e. The number of hydrogen-bond donors (Lipinski definition) is 1. The van der Waals surface area contributed by atoms with Crippen molar-refractivity contribution in [3.8, 4) is 5.75 Å². The van der Waals surface area contributed by atoms with Gasteiger partial charge in [0.1, 0.15) is 18.2 Å². The van der Waals surface area contributed by atoms with Crippen molar-refractivity contribution in [1.82, 2.24) is 9.97 Å². The minimum atomic E-state index is -1.38. The Labute approximate surface area is 204 Å². The van der Waals surface area contributed by atoms with Gasteiger partial charge in [0.25, 0.3) is 0 Å². The van der Waals surface area contributed by atoms with Crippen molar-refractivity contribution in [1.29, 1.82) is 0 Å². The third kappa shape index (κ3) is 6.79. The van der Waals surface area contributed by atoms with Crippen molar-refractivity contribution >= 4 is 23.3 Å². The number of carboxylic acid groups (broad SMARTS) is 1. The summed E-state index contributed by atoms with van der Waals surface area (Å²) in [6.07, 6.45) is 12.3. The summed E-state index contributed by atoms with van der Waals surface area (Å²) in [5, 5.41) is 8.75. The van der Waals surface area contributed by atoms with Gasteiger partial charge in [-0.05, 0) is 61.9 Å². The van der Waals surface area contributed by atoms with E-state index >= 15 is 0 Å². The van der Waals surface area contributed by atoms with E-state index < -0.39 is 12.3 Å². The van der Waals surface area contributed by atoms with Crippen LogP contribution >= 0.6 is 0 Å². The summed E-state index contributed by atoms with van der Waals surface area (Å²) in [6, 6.07) is 7.27. The summed E-state index contributed by atoms with van der Waals surface area (Å²) in [4.78, 5) is 24.3. The lowest BCUT2D eigenvalue weighted by Gasteiger charge is -2.33. The molecule has 0 spiro atoms. The van der Waals surface area contributed by atoms with Crippen molar-refractivity contribution in [3.05, 3.63) is 60.6 Å². The van der Waals surface area contributed by atoms with Crippen molar-refractivity contribution in [2.45, 2.75) is 39.0 Å². The van der Waals surface area contributed by atoms with Gasteiger partial charge in [0.15, 0.2) is 5.82 Å². The molecule has 0 radical (unpaired) electrons. The normalized spacial score (nSPS) is 17.1. The van der Waals surface area contributed by atoms with Gasteiger partial charge in [0.2, 0.25) is 6.36 Å². The highest BCUT2D eigenvalue weighted by molar-refractivity contribution is 5.69. The summed E-state index contributed by atoms with van der Waals surface area (Å²) >= 11 is 0. The van der Waals surface area contributed by atoms with Crippen LogP contribution in [0, 0.1) is 5.92 Å². The fraction of sp³-hybridized carbons (Fsp3) is 0.423. The predicted molar refractivity (Wildman–Crippen MR) is 132 cm³/mol. The molecule has 1 unspecified atom stereocenters. The molecule has 0 saturated carbocycles. The largest absolute Gasteiger partial charge is 0.480 e. The average Bonchev–Trinajstić information content (AvgIpc) is 2.86. The fourth-order valence-electron chi connectivity index (χ4n) is 4.29. The number of allylic oxidation sites excluding steroid dienone is 3. The van der Waals surface area contributed by atoms with Crippen molar-refractivity contribution in [2.24, 2.45) is 5.92 Å². The van der Waals surface area contributed by atoms with E-state index in [2.05, 4.69) is 28.1 Å². The SMILES string of the molecule is CC(F)Oc1ccc(N(C2=CCCC=C2)c2cncc(N3CCC(COCC(=O)O)CC3)n2)cc1. The number of aliphatic carboxylic acids is 1. The molecule has 1 atom stereocenters. The Balaban J connectivity index is 1.51. The molecule has 2 heterocycles. The van der Waals surface area contributed by atoms with Crippen LogP contribution in [0.5, 0.6) is 5.75 Å². The molecule has 1 saturated heterocycles. The Hall–Kier alpha value is -3.46. The zero-order valence-corrected chi connectivity index (χ0v) is 19.8. The van der Waals surface area contributed by atoms with Crippen LogP contribution in [-0.2, 0) is 9.53 Å². The maximum atomic E-state index is 13.2. The maximum Gasteiger partial charge on any atom is 0.329 e. The number of carboxylic acids is 1. The molecule has 1 fully saturated rings. The Morgan fingerprint density at radius 1 is 1.23 bits per heavy atom. The second-order valence-corrected chi connectivity index (χ2v) is 8.67. The molecule has 0 amide bonds. The van der Waals surface area contributed by atoms with E-state index in [0.29, 0.717) is 24.1 Å². The quantitative estimate of drug-likeness (QED) is 0.514. The summed E-state index contributed by atoms with van der Waals surface area (Å²) in [7, 11) is 0. The van der Waals surface area contributed by atoms with E-state index in [1.54, 1.807) is 24.5 Å². The Morgan fingerprint density at radius 2 is 2.00 bits per heavy atom. The van der Waals surface area contributed by atoms with Gasteiger partial charge in [-0.15, -0.1) is 0 Å². The average molecular weight is 483 g/mol. The first-order chi connectivity index (χ1) is 17.0. The third-order valence-corrected chi connectivity index (χ3v) is 5.98. The molecule has 0 bridgehead atoms. The monoisotopic (exact) mass is 482 g/mol. The molecule has 9 heteroatoms. The third-order valence-electron chi connectivity index (χ3n) is 5.98. The molecular weight excluding hydrogens is 451 g/mol. The van der Waals surface area contributed by atoms with Gasteiger partial charge in [-0.3, -0.25) is 9.88 Å². The number of anilines is 3. The van der Waals surface area contributed by atoms with E-state index in [1.807, 2.05) is 17.0 Å². The van der Waals surface area contributed by atoms with Gasteiger partial charge in [-0.1, -0.05) is 12.2 Å². The number of halogens is 1. The van der Waals surface area contributed by atoms with Gasteiger partial charge >= 0.3 is 5.97 Å². The highest BCUT2D eigenvalue weighted by Crippen LogP contribution is 2.33. The summed E-state index contributed by atoms with van der Waals surface area (Å²) in [5.41, 5.74) is 1.88. The number of hydrogen-bond acceptors (Lipinski definition) is 7. The van der Waals surface area contributed by atoms with Crippen LogP contribution in [0.15, 0.2) is 60.6 Å². The Bertz CT molecular complexity index is 1050. The van der Waals surface area contributed by atoms with Gasteiger partial charge in [-0.25, -0.2) is 14.2 Å². The molecule has 1 N–H and O–H groups in total. The van der Waals surface area contributed by atoms with Crippen LogP contribution in [0.2, 0.25) is 0 Å². The number of nitrogens with zero attached hydrogens (tertiary/aromatic N) is 4. The molecular formula is C26H31FN4O4. The van der Waals surface area contributed by atoms with Crippen molar-refractivity contribution < 1.29 is 23.8 Å². The molecule has 1 aromatic heterocycles. The van der Waals surface area contributed by atoms with E-state index in [9.17, 15) is 9.18 Å². The van der Waals surface area contributed by atoms with Crippen LogP contribution in [-0.4, -0.2) is 53.7 Å². The number of aromatic nitrogens is 2. The fourth-order valence-corrected chi connectivity index (χ4v) is 4.29. The highest BCUT2D eigenvalue weighted by Gasteiger charge is 2.23. The van der Waals surface area contributed by atoms with E-state index in [1.165, 1.54) is 6.92 Å². The van der Waals surface area contributed by atoms with Crippen LogP contribution < -0.4 is 14.5 Å². The summed E-state index contributed by atoms with van der Waals surface area (Å²) in [5.74, 6) is 1.35. The topological polar surface area (TPSA) is 88.0 Å². The number of piperidine rings is 1. The van der Waals surface area contributed by atoms with Gasteiger partial charge in [-0.2, -0.15) is 0 Å². The number of alkyl halides is 1. The van der Waals surface area contributed by atoms with Crippen molar-refractivity contribution in [3.63, 3.8) is 0 Å². The summed E-state index contributed by atoms with van der Waals surface area (Å²) in [6.45, 7) is 3.16. The number of carbonyl (C=O) groups is 1. The van der Waals surface area contributed by atoms with E-state index in [0.717, 1.165) is 56.0 Å². The minimum absolute atomic E-state index is 0.256. The molecule has 2 aromatic rings. The van der Waals surface area contributed by atoms with Crippen LogP contribution in [0.3, 0.4) is 0 Å². The number of ether oxygens (including phenoxy) is 2. The maximum absolute atomic E-state index is 13.2. The smallest absolute Gasteiger partial charge is 0.329 e. The summed E-state index contributed by atoms with van der Waals surface area (Å²) < 4.78 is 23.7. The first-order valence-electron chi connectivity index (χ1n) is 11.9. The molecule has 8 nitrogen and oxygen atoms in total. The zero-order chi connectivity index (χ0) is 24.6. The second kappa shape index (κ2) is 11.8. The number of benzene rings is 1. The van der Waals surface area contributed by atoms with Gasteiger partial charge in [0.05, 0.1) is 19.0 Å². The molecule has 186 valence electrons. The van der Waals surface area contributed by atoms with Crippen LogP contribution in [0.25, 0.3) is 0 Å². The Morgan fingerprint density at radius 3 is 2.66 bits per heavy atom. The molecule has 1 aliphatic heterocycles. The lowest BCUT2D eigenvalue weighted by Crippen LogP contribution is -2.36. The van der Waals surface area contributed by atoms with Crippen LogP contribution in [0.4, 0.5) is 21.7 Å². The number of rotatable bonds is 10. The molecule has 1 aromatic carbocycles. The zero-order valence-electron chi connectivity index (χ0n) is 19.8. The highest BCUT2D eigenvalue weighted by atomic mass is 19.1. The molecule has 2 aliphatic rings. The van der Waals surface area contributed by atoms with Gasteiger partial charge in [0, 0.05) is 31.4 Å². The lowest BCUT2D eigenvalue weighted by atomic mass is 9.98. The molecule has 1 aliphatic carbocycles. The Kier molecular flexibility index (Phi) is 8.31. The predicted octanol–water partition coefficient (Wildman–Crippen LogP) is 4.86. The first-order valence-corrected chi connectivity index (χ1v) is 11.9. The first kappa shape index (κ1) is 24.7. The van der Waals surface area contributed by atoms with E-state index in [-0.39, 0.29) is 6.61 Å². The molecule has 4 rings (SSSR count). The standard InChI is InChI=1S/C26H31FN4O4/c1-19(27)35-23-9-7-22(8-10-23)31(21-5-3-2-4-6-21)25-16-28-15-24(29-25)30-13-11-20(12-14-30)17-34-18-26(32)33/h3,5-10,15-16,19-20H,2,4,11-14,17-18H2,1H3,(H,32,33). The van der Waals surface area contributed by atoms with Crippen LogP contribution in [0.1, 0.15) is 32.6 Å². The van der Waals surface area contributed by atoms with E-state index in [4.69, 9.17) is 19.6 Å². The second-order valence-electron chi connectivity index (χ2n) is 8.67. The van der Waals surface area contributed by atoms with Crippen molar-refractivity contribution in [2.75, 3.05) is 36.1 Å². The lowest BCUT2D eigenvalue weighted by molar-refractivity contribution is -0.142.